The molecule has 3 aromatic rings. The van der Waals surface area contributed by atoms with E-state index in [9.17, 15) is 4.79 Å². The van der Waals surface area contributed by atoms with Crippen LogP contribution in [0.25, 0.3) is 0 Å². The molecule has 0 bridgehead atoms. The van der Waals surface area contributed by atoms with E-state index in [1.165, 1.54) is 0 Å². The standard InChI is InChI=1S/C26H25N3O3S/c1-2-19-16-33-26-28-23(21-8-5-6-14-27-21)24(29(19)26)20-7-3-4-9-22(20)32-15-17-10-12-18(13-11-17)25(30)31/h3-14,19,23-24H,2,15-16H2,1H3,(H,30,31)/t19-,23+,24+/m1/s1. The van der Waals surface area contributed by atoms with Crippen LogP contribution < -0.4 is 4.74 Å². The Hall–Kier alpha value is -3.32. The van der Waals surface area contributed by atoms with Gasteiger partial charge in [-0.25, -0.2) is 4.79 Å². The van der Waals surface area contributed by atoms with Crippen molar-refractivity contribution in [3.63, 3.8) is 0 Å². The zero-order valence-corrected chi connectivity index (χ0v) is 19.1. The summed E-state index contributed by atoms with van der Waals surface area (Å²) in [5.74, 6) is 0.924. The normalized spacial score (nSPS) is 21.5. The first-order chi connectivity index (χ1) is 16.2. The maximum absolute atomic E-state index is 11.1. The number of fused-ring (bicyclic) bond motifs is 1. The second kappa shape index (κ2) is 9.27. The summed E-state index contributed by atoms with van der Waals surface area (Å²) < 4.78 is 6.29. The van der Waals surface area contributed by atoms with Crippen LogP contribution in [-0.4, -0.2) is 37.9 Å². The molecule has 1 aromatic heterocycles. The van der Waals surface area contributed by atoms with Crippen LogP contribution in [0.3, 0.4) is 0 Å². The van der Waals surface area contributed by atoms with Gasteiger partial charge >= 0.3 is 5.97 Å². The first-order valence-corrected chi connectivity index (χ1v) is 12.1. The van der Waals surface area contributed by atoms with Crippen molar-refractivity contribution in [1.82, 2.24) is 9.88 Å². The number of nitrogens with zero attached hydrogens (tertiary/aromatic N) is 3. The number of rotatable bonds is 7. The van der Waals surface area contributed by atoms with Crippen molar-refractivity contribution in [3.05, 3.63) is 95.3 Å². The van der Waals surface area contributed by atoms with Crippen molar-refractivity contribution in [2.45, 2.75) is 38.1 Å². The van der Waals surface area contributed by atoms with E-state index in [2.05, 4.69) is 22.9 Å². The Morgan fingerprint density at radius 2 is 1.91 bits per heavy atom. The van der Waals surface area contributed by atoms with Gasteiger partial charge < -0.3 is 14.7 Å². The lowest BCUT2D eigenvalue weighted by molar-refractivity contribution is 0.0697. The van der Waals surface area contributed by atoms with Gasteiger partial charge in [0.2, 0.25) is 0 Å². The third kappa shape index (κ3) is 4.20. The molecule has 1 fully saturated rings. The topological polar surface area (TPSA) is 75.0 Å². The molecule has 5 rings (SSSR count). The maximum atomic E-state index is 11.1. The Labute approximate surface area is 197 Å². The van der Waals surface area contributed by atoms with E-state index in [0.29, 0.717) is 12.6 Å². The van der Waals surface area contributed by atoms with E-state index in [1.807, 2.05) is 54.4 Å². The van der Waals surface area contributed by atoms with Gasteiger partial charge in [-0.2, -0.15) is 0 Å². The number of aliphatic imine (C=N–C) groups is 1. The predicted octanol–water partition coefficient (Wildman–Crippen LogP) is 5.34. The first-order valence-electron chi connectivity index (χ1n) is 11.1. The largest absolute Gasteiger partial charge is 0.489 e. The number of carboxylic acid groups (broad SMARTS) is 1. The van der Waals surface area contributed by atoms with Crippen molar-refractivity contribution in [2.75, 3.05) is 5.75 Å². The van der Waals surface area contributed by atoms with E-state index in [1.54, 1.807) is 24.3 Å². The van der Waals surface area contributed by atoms with Crippen molar-refractivity contribution in [3.8, 4) is 5.75 Å². The summed E-state index contributed by atoms with van der Waals surface area (Å²) >= 11 is 1.82. The van der Waals surface area contributed by atoms with E-state index < -0.39 is 5.97 Å². The van der Waals surface area contributed by atoms with Crippen LogP contribution in [0.1, 0.15) is 52.6 Å². The Bertz CT molecular complexity index is 1170. The molecule has 1 N–H and O–H groups in total. The number of hydrogen-bond donors (Lipinski definition) is 1. The molecule has 2 aromatic carbocycles. The molecule has 2 aliphatic heterocycles. The number of ether oxygens (including phenoxy) is 1. The molecule has 6 nitrogen and oxygen atoms in total. The summed E-state index contributed by atoms with van der Waals surface area (Å²) in [6.07, 6.45) is 2.88. The number of pyridine rings is 1. The lowest BCUT2D eigenvalue weighted by atomic mass is 9.94. The molecule has 0 amide bonds. The summed E-state index contributed by atoms with van der Waals surface area (Å²) in [5.41, 5.74) is 3.24. The number of benzene rings is 2. The highest BCUT2D eigenvalue weighted by molar-refractivity contribution is 8.14. The number of carbonyl (C=O) groups is 1. The minimum atomic E-state index is -0.931. The molecule has 0 spiro atoms. The monoisotopic (exact) mass is 459 g/mol. The van der Waals surface area contributed by atoms with Gasteiger partial charge in [0.05, 0.1) is 17.3 Å². The van der Waals surface area contributed by atoms with Gasteiger partial charge in [-0.3, -0.25) is 9.98 Å². The lowest BCUT2D eigenvalue weighted by Crippen LogP contribution is -2.35. The molecule has 33 heavy (non-hydrogen) atoms. The summed E-state index contributed by atoms with van der Waals surface area (Å²) in [4.78, 5) is 23.3. The first kappa shape index (κ1) is 21.5. The molecule has 7 heteroatoms. The second-order valence-corrected chi connectivity index (χ2v) is 9.15. The number of carboxylic acids is 1. The second-order valence-electron chi connectivity index (χ2n) is 8.16. The fraction of sp³-hybridized carbons (Fsp3) is 0.269. The van der Waals surface area contributed by atoms with Crippen LogP contribution in [0, 0.1) is 0 Å². The summed E-state index contributed by atoms with van der Waals surface area (Å²) in [5, 5.41) is 10.2. The highest BCUT2D eigenvalue weighted by atomic mass is 32.2. The third-order valence-electron chi connectivity index (χ3n) is 6.16. The number of thioether (sulfide) groups is 1. The zero-order chi connectivity index (χ0) is 22.8. The molecule has 0 aliphatic carbocycles. The molecular formula is C26H25N3O3S. The van der Waals surface area contributed by atoms with E-state index in [4.69, 9.17) is 14.8 Å². The van der Waals surface area contributed by atoms with Crippen molar-refractivity contribution >= 4 is 22.9 Å². The third-order valence-corrected chi connectivity index (χ3v) is 7.29. The average Bonchev–Trinajstić information content (AvgIpc) is 3.43. The number of hydrogen-bond acceptors (Lipinski definition) is 6. The molecule has 3 atom stereocenters. The quantitative estimate of drug-likeness (QED) is 0.514. The smallest absolute Gasteiger partial charge is 0.335 e. The van der Waals surface area contributed by atoms with Crippen molar-refractivity contribution < 1.29 is 14.6 Å². The summed E-state index contributed by atoms with van der Waals surface area (Å²) in [7, 11) is 0. The summed E-state index contributed by atoms with van der Waals surface area (Å²) in [6.45, 7) is 2.58. The zero-order valence-electron chi connectivity index (χ0n) is 18.3. The van der Waals surface area contributed by atoms with Gasteiger partial charge in [0.25, 0.3) is 0 Å². The molecular weight excluding hydrogens is 434 g/mol. The Kier molecular flexibility index (Phi) is 6.05. The van der Waals surface area contributed by atoms with E-state index in [-0.39, 0.29) is 17.6 Å². The highest BCUT2D eigenvalue weighted by Gasteiger charge is 2.46. The predicted molar refractivity (Wildman–Crippen MR) is 130 cm³/mol. The van der Waals surface area contributed by atoms with Gasteiger partial charge in [-0.15, -0.1) is 0 Å². The van der Waals surface area contributed by atoms with Crippen LogP contribution in [0.4, 0.5) is 0 Å². The van der Waals surface area contributed by atoms with Crippen molar-refractivity contribution in [2.24, 2.45) is 4.99 Å². The minimum absolute atomic E-state index is 0.0143. The van der Waals surface area contributed by atoms with Gasteiger partial charge in [0.1, 0.15) is 18.4 Å². The van der Waals surface area contributed by atoms with Crippen LogP contribution in [0.5, 0.6) is 5.75 Å². The molecule has 0 radical (unpaired) electrons. The van der Waals surface area contributed by atoms with Crippen molar-refractivity contribution in [1.29, 1.82) is 0 Å². The maximum Gasteiger partial charge on any atom is 0.335 e. The van der Waals surface area contributed by atoms with E-state index >= 15 is 0 Å². The molecule has 2 aliphatic rings. The Morgan fingerprint density at radius 3 is 2.64 bits per heavy atom. The Morgan fingerprint density at radius 1 is 1.12 bits per heavy atom. The van der Waals surface area contributed by atoms with Gasteiger partial charge in [-0.1, -0.05) is 55.1 Å². The van der Waals surface area contributed by atoms with Gasteiger partial charge in [0.15, 0.2) is 5.17 Å². The molecule has 1 saturated heterocycles. The van der Waals surface area contributed by atoms with E-state index in [0.717, 1.165) is 39.9 Å². The molecule has 3 heterocycles. The fourth-order valence-electron chi connectivity index (χ4n) is 4.45. The van der Waals surface area contributed by atoms with Crippen LogP contribution in [0.2, 0.25) is 0 Å². The van der Waals surface area contributed by atoms with Crippen LogP contribution in [-0.2, 0) is 6.61 Å². The van der Waals surface area contributed by atoms with Gasteiger partial charge in [-0.05, 0) is 42.3 Å². The summed E-state index contributed by atoms with van der Waals surface area (Å²) in [6, 6.07) is 21.3. The molecule has 168 valence electrons. The average molecular weight is 460 g/mol. The SMILES string of the molecule is CC[C@@H]1CSC2=N[C@@H](c3ccccn3)[C@H](c3ccccc3OCc3ccc(C(=O)O)cc3)N21. The highest BCUT2D eigenvalue weighted by Crippen LogP contribution is 2.50. The van der Waals surface area contributed by atoms with Crippen LogP contribution in [0.15, 0.2) is 77.9 Å². The minimum Gasteiger partial charge on any atom is -0.489 e. The molecule has 0 unspecified atom stereocenters. The Balaban J connectivity index is 1.46. The van der Waals surface area contributed by atoms with Crippen LogP contribution >= 0.6 is 11.8 Å². The number of para-hydroxylation sites is 1. The number of aromatic carboxylic acids is 1. The van der Waals surface area contributed by atoms with Gasteiger partial charge in [0, 0.05) is 23.6 Å². The number of amidine groups is 1. The lowest BCUT2D eigenvalue weighted by Gasteiger charge is -2.32. The number of aromatic nitrogens is 1. The fourth-order valence-corrected chi connectivity index (χ4v) is 5.79. The molecule has 0 saturated carbocycles.